The van der Waals surface area contributed by atoms with Crippen molar-refractivity contribution in [2.75, 3.05) is 20.1 Å². The highest BCUT2D eigenvalue weighted by atomic mass is 15.1. The molecule has 1 aromatic rings. The number of rotatable bonds is 4. The summed E-state index contributed by atoms with van der Waals surface area (Å²) >= 11 is 0. The van der Waals surface area contributed by atoms with Gasteiger partial charge in [-0.2, -0.15) is 0 Å². The van der Waals surface area contributed by atoms with Crippen molar-refractivity contribution < 1.29 is 0 Å². The van der Waals surface area contributed by atoms with E-state index in [9.17, 15) is 0 Å². The molecule has 0 bridgehead atoms. The van der Waals surface area contributed by atoms with Gasteiger partial charge < -0.3 is 10.6 Å². The first kappa shape index (κ1) is 11.2. The Morgan fingerprint density at radius 1 is 1.21 bits per heavy atom. The molecule has 0 aliphatic heterocycles. The molecule has 0 saturated heterocycles. The smallest absolute Gasteiger partial charge is 0.0231 e. The van der Waals surface area contributed by atoms with E-state index in [1.54, 1.807) is 0 Å². The fourth-order valence-electron chi connectivity index (χ4n) is 1.51. The van der Waals surface area contributed by atoms with Crippen molar-refractivity contribution in [3.63, 3.8) is 0 Å². The van der Waals surface area contributed by atoms with E-state index in [-0.39, 0.29) is 0 Å². The van der Waals surface area contributed by atoms with Gasteiger partial charge >= 0.3 is 0 Å². The van der Waals surface area contributed by atoms with Crippen molar-refractivity contribution in [1.82, 2.24) is 4.90 Å². The number of hydrogen-bond donors (Lipinski definition) is 1. The summed E-state index contributed by atoms with van der Waals surface area (Å²) in [6.45, 7) is 6.96. The monoisotopic (exact) mass is 192 g/mol. The Morgan fingerprint density at radius 2 is 1.93 bits per heavy atom. The van der Waals surface area contributed by atoms with E-state index >= 15 is 0 Å². The molecule has 78 valence electrons. The Bertz CT molecular complexity index is 294. The Labute approximate surface area is 86.7 Å². The van der Waals surface area contributed by atoms with E-state index in [0.29, 0.717) is 0 Å². The number of aryl methyl sites for hydroxylation is 2. The summed E-state index contributed by atoms with van der Waals surface area (Å²) in [7, 11) is 2.10. The quantitative estimate of drug-likeness (QED) is 0.786. The van der Waals surface area contributed by atoms with E-state index in [1.165, 1.54) is 16.7 Å². The third kappa shape index (κ3) is 3.13. The van der Waals surface area contributed by atoms with Crippen LogP contribution in [0.1, 0.15) is 16.7 Å². The number of likely N-dealkylation sites (N-methyl/N-ethyl adjacent to an activating group) is 1. The molecule has 0 spiro atoms. The zero-order valence-corrected chi connectivity index (χ0v) is 9.38. The van der Waals surface area contributed by atoms with E-state index in [4.69, 9.17) is 5.73 Å². The fourth-order valence-corrected chi connectivity index (χ4v) is 1.51. The molecule has 0 aliphatic carbocycles. The summed E-state index contributed by atoms with van der Waals surface area (Å²) in [5.41, 5.74) is 9.58. The Kier molecular flexibility index (Phi) is 4.11. The lowest BCUT2D eigenvalue weighted by Crippen LogP contribution is -2.24. The van der Waals surface area contributed by atoms with Gasteiger partial charge in [0.2, 0.25) is 0 Å². The second-order valence-corrected chi connectivity index (χ2v) is 3.95. The summed E-state index contributed by atoms with van der Waals surface area (Å²) in [6, 6.07) is 6.62. The van der Waals surface area contributed by atoms with Crippen molar-refractivity contribution in [3.05, 3.63) is 34.9 Å². The van der Waals surface area contributed by atoms with Crippen LogP contribution in [-0.4, -0.2) is 25.0 Å². The molecular weight excluding hydrogens is 172 g/mol. The molecule has 0 atom stereocenters. The molecule has 0 amide bonds. The van der Waals surface area contributed by atoms with Gasteiger partial charge in [0.25, 0.3) is 0 Å². The molecule has 1 rings (SSSR count). The molecule has 0 aromatic heterocycles. The Hall–Kier alpha value is -0.860. The number of hydrogen-bond acceptors (Lipinski definition) is 2. The largest absolute Gasteiger partial charge is 0.329 e. The summed E-state index contributed by atoms with van der Waals surface area (Å²) in [5.74, 6) is 0. The summed E-state index contributed by atoms with van der Waals surface area (Å²) in [5, 5.41) is 0. The number of nitrogens with two attached hydrogens (primary N) is 1. The van der Waals surface area contributed by atoms with Crippen LogP contribution in [0.25, 0.3) is 0 Å². The van der Waals surface area contributed by atoms with E-state index in [1.807, 2.05) is 0 Å². The fraction of sp³-hybridized carbons (Fsp3) is 0.500. The zero-order valence-electron chi connectivity index (χ0n) is 9.38. The summed E-state index contributed by atoms with van der Waals surface area (Å²) < 4.78 is 0. The van der Waals surface area contributed by atoms with Gasteiger partial charge in [0.05, 0.1) is 0 Å². The second kappa shape index (κ2) is 5.13. The number of nitrogens with zero attached hydrogens (tertiary/aromatic N) is 1. The third-order valence-electron chi connectivity index (χ3n) is 2.53. The summed E-state index contributed by atoms with van der Waals surface area (Å²) in [4.78, 5) is 2.24. The molecule has 0 saturated carbocycles. The van der Waals surface area contributed by atoms with Crippen LogP contribution in [0.5, 0.6) is 0 Å². The second-order valence-electron chi connectivity index (χ2n) is 3.95. The van der Waals surface area contributed by atoms with Crippen LogP contribution in [0, 0.1) is 13.8 Å². The minimum atomic E-state index is 0.724. The first-order valence-corrected chi connectivity index (χ1v) is 5.08. The Balaban J connectivity index is 2.63. The van der Waals surface area contributed by atoms with Crippen LogP contribution in [0.2, 0.25) is 0 Å². The lowest BCUT2D eigenvalue weighted by molar-refractivity contribution is 0.336. The summed E-state index contributed by atoms with van der Waals surface area (Å²) in [6.07, 6.45) is 0. The molecule has 0 unspecified atom stereocenters. The van der Waals surface area contributed by atoms with Gasteiger partial charge in [0.1, 0.15) is 0 Å². The normalized spacial score (nSPS) is 10.9. The van der Waals surface area contributed by atoms with Gasteiger partial charge in [-0.1, -0.05) is 18.2 Å². The van der Waals surface area contributed by atoms with Gasteiger partial charge in [-0.3, -0.25) is 0 Å². The Morgan fingerprint density at radius 3 is 2.50 bits per heavy atom. The molecule has 14 heavy (non-hydrogen) atoms. The molecular formula is C12H20N2. The zero-order chi connectivity index (χ0) is 10.6. The molecule has 0 fully saturated rings. The maximum atomic E-state index is 5.50. The highest BCUT2D eigenvalue weighted by Gasteiger charge is 2.00. The number of benzene rings is 1. The standard InChI is InChI=1S/C12H20N2/c1-10-4-5-12(8-11(10)2)9-14(3)7-6-13/h4-5,8H,6-7,9,13H2,1-3H3. The minimum absolute atomic E-state index is 0.724. The highest BCUT2D eigenvalue weighted by Crippen LogP contribution is 2.10. The average Bonchev–Trinajstić information content (AvgIpc) is 2.12. The van der Waals surface area contributed by atoms with E-state index in [0.717, 1.165) is 19.6 Å². The van der Waals surface area contributed by atoms with Gasteiger partial charge in [-0.25, -0.2) is 0 Å². The topological polar surface area (TPSA) is 29.3 Å². The van der Waals surface area contributed by atoms with Gasteiger partial charge in [0, 0.05) is 19.6 Å². The average molecular weight is 192 g/mol. The van der Waals surface area contributed by atoms with Crippen LogP contribution in [0.15, 0.2) is 18.2 Å². The molecule has 0 heterocycles. The van der Waals surface area contributed by atoms with Crippen molar-refractivity contribution in [3.8, 4) is 0 Å². The van der Waals surface area contributed by atoms with E-state index in [2.05, 4.69) is 44.0 Å². The molecule has 0 radical (unpaired) electrons. The van der Waals surface area contributed by atoms with E-state index < -0.39 is 0 Å². The predicted molar refractivity (Wildman–Crippen MR) is 61.3 cm³/mol. The van der Waals surface area contributed by atoms with Crippen molar-refractivity contribution in [2.24, 2.45) is 5.73 Å². The molecule has 1 aromatic carbocycles. The maximum Gasteiger partial charge on any atom is 0.0231 e. The molecule has 2 N–H and O–H groups in total. The molecule has 2 nitrogen and oxygen atoms in total. The van der Waals surface area contributed by atoms with Crippen molar-refractivity contribution in [1.29, 1.82) is 0 Å². The molecule has 2 heteroatoms. The lowest BCUT2D eigenvalue weighted by Gasteiger charge is -2.16. The van der Waals surface area contributed by atoms with Crippen LogP contribution >= 0.6 is 0 Å². The van der Waals surface area contributed by atoms with Gasteiger partial charge in [0.15, 0.2) is 0 Å². The van der Waals surface area contributed by atoms with Gasteiger partial charge in [-0.15, -0.1) is 0 Å². The third-order valence-corrected chi connectivity index (χ3v) is 2.53. The van der Waals surface area contributed by atoms with Gasteiger partial charge in [-0.05, 0) is 37.6 Å². The molecule has 0 aliphatic rings. The van der Waals surface area contributed by atoms with Crippen LogP contribution < -0.4 is 5.73 Å². The first-order chi connectivity index (χ1) is 6.63. The lowest BCUT2D eigenvalue weighted by atomic mass is 10.1. The van der Waals surface area contributed by atoms with Crippen LogP contribution in [0.4, 0.5) is 0 Å². The van der Waals surface area contributed by atoms with Crippen LogP contribution in [0.3, 0.4) is 0 Å². The minimum Gasteiger partial charge on any atom is -0.329 e. The first-order valence-electron chi connectivity index (χ1n) is 5.08. The predicted octanol–water partition coefficient (Wildman–Crippen LogP) is 1.69. The SMILES string of the molecule is Cc1ccc(CN(C)CCN)cc1C. The maximum absolute atomic E-state index is 5.50. The van der Waals surface area contributed by atoms with Crippen molar-refractivity contribution in [2.45, 2.75) is 20.4 Å². The van der Waals surface area contributed by atoms with Crippen LogP contribution in [-0.2, 0) is 6.54 Å². The van der Waals surface area contributed by atoms with Crippen molar-refractivity contribution >= 4 is 0 Å². The highest BCUT2D eigenvalue weighted by molar-refractivity contribution is 5.29.